The summed E-state index contributed by atoms with van der Waals surface area (Å²) in [5.41, 5.74) is 10.1. The van der Waals surface area contributed by atoms with E-state index in [1.54, 1.807) is 0 Å². The van der Waals surface area contributed by atoms with Crippen molar-refractivity contribution >= 4 is 71.3 Å². The zero-order valence-corrected chi connectivity index (χ0v) is 19.1. The summed E-state index contributed by atoms with van der Waals surface area (Å²) in [7, 11) is 0. The second kappa shape index (κ2) is 6.37. The molecule has 0 saturated heterocycles. The summed E-state index contributed by atoms with van der Waals surface area (Å²) in [6.45, 7) is 0. The third-order valence-corrected chi connectivity index (χ3v) is 7.49. The Kier molecular flexibility index (Phi) is 3.25. The molecule has 0 aliphatic rings. The molecule has 0 spiro atoms. The van der Waals surface area contributed by atoms with Crippen molar-refractivity contribution in [3.63, 3.8) is 0 Å². The zero-order chi connectivity index (χ0) is 23.4. The van der Waals surface area contributed by atoms with Crippen LogP contribution in [-0.4, -0.2) is 14.4 Å². The van der Waals surface area contributed by atoms with E-state index < -0.39 is 0 Å². The summed E-state index contributed by atoms with van der Waals surface area (Å²) in [5.74, 6) is 0. The molecule has 0 atom stereocenters. The number of furan rings is 1. The van der Waals surface area contributed by atoms with Crippen molar-refractivity contribution < 1.29 is 4.42 Å². The van der Waals surface area contributed by atoms with Crippen LogP contribution in [0.3, 0.4) is 0 Å². The highest BCUT2D eigenvalue weighted by atomic mass is 16.3. The van der Waals surface area contributed by atoms with Crippen LogP contribution < -0.4 is 0 Å². The highest BCUT2D eigenvalue weighted by Gasteiger charge is 2.24. The lowest BCUT2D eigenvalue weighted by Gasteiger charge is -2.04. The SMILES string of the molecule is c1ccc(-c2cc3c4nc5ccccc5nc4n4c5ccc6oc7ccccc7c6c5c(c2)c34)cc1. The molecule has 4 heterocycles. The van der Waals surface area contributed by atoms with E-state index in [-0.39, 0.29) is 0 Å². The maximum atomic E-state index is 6.27. The van der Waals surface area contributed by atoms with Crippen molar-refractivity contribution in [2.45, 2.75) is 0 Å². The number of aromatic nitrogens is 3. The number of rotatable bonds is 1. The van der Waals surface area contributed by atoms with Crippen LogP contribution in [-0.2, 0) is 0 Å². The van der Waals surface area contributed by atoms with Crippen LogP contribution in [0.15, 0.2) is 108 Å². The first kappa shape index (κ1) is 18.4. The average Bonchev–Trinajstić information content (AvgIpc) is 3.58. The van der Waals surface area contributed by atoms with Gasteiger partial charge in [0, 0.05) is 26.9 Å². The minimum atomic E-state index is 0.890. The van der Waals surface area contributed by atoms with Crippen molar-refractivity contribution in [1.82, 2.24) is 14.4 Å². The molecule has 0 aliphatic carbocycles. The van der Waals surface area contributed by atoms with Crippen LogP contribution in [0.25, 0.3) is 82.5 Å². The normalized spacial score (nSPS) is 12.4. The molecule has 166 valence electrons. The molecule has 0 fully saturated rings. The summed E-state index contributed by atoms with van der Waals surface area (Å²) < 4.78 is 8.57. The lowest BCUT2D eigenvalue weighted by Crippen LogP contribution is -1.88. The molecule has 0 N–H and O–H groups in total. The van der Waals surface area contributed by atoms with Gasteiger partial charge in [-0.1, -0.05) is 60.7 Å². The van der Waals surface area contributed by atoms with Gasteiger partial charge in [-0.25, -0.2) is 9.97 Å². The van der Waals surface area contributed by atoms with Crippen LogP contribution >= 0.6 is 0 Å². The van der Waals surface area contributed by atoms with E-state index in [0.717, 1.165) is 60.6 Å². The first-order valence-electron chi connectivity index (χ1n) is 12.1. The first-order valence-corrected chi connectivity index (χ1v) is 12.1. The number of para-hydroxylation sites is 3. The summed E-state index contributed by atoms with van der Waals surface area (Å²) in [6.07, 6.45) is 0. The predicted molar refractivity (Wildman–Crippen MR) is 147 cm³/mol. The summed E-state index contributed by atoms with van der Waals surface area (Å²) in [6, 6.07) is 35.8. The smallest absolute Gasteiger partial charge is 0.165 e. The molecule has 0 bridgehead atoms. The minimum absolute atomic E-state index is 0.890. The topological polar surface area (TPSA) is 43.3 Å². The van der Waals surface area contributed by atoms with Crippen LogP contribution in [0.5, 0.6) is 0 Å². The van der Waals surface area contributed by atoms with Gasteiger partial charge in [0.2, 0.25) is 0 Å². The number of hydrogen-bond donors (Lipinski definition) is 0. The zero-order valence-electron chi connectivity index (χ0n) is 19.1. The molecular weight excluding hydrogens is 442 g/mol. The first-order chi connectivity index (χ1) is 17.8. The van der Waals surface area contributed by atoms with E-state index in [2.05, 4.69) is 71.1 Å². The van der Waals surface area contributed by atoms with E-state index in [1.807, 2.05) is 36.4 Å². The van der Waals surface area contributed by atoms with Gasteiger partial charge in [0.05, 0.1) is 22.1 Å². The maximum absolute atomic E-state index is 6.27. The van der Waals surface area contributed by atoms with E-state index in [0.29, 0.717) is 0 Å². The molecule has 0 saturated carbocycles. The predicted octanol–water partition coefficient (Wildman–Crippen LogP) is 8.35. The number of nitrogens with zero attached hydrogens (tertiary/aromatic N) is 3. The van der Waals surface area contributed by atoms with Crippen LogP contribution in [0.1, 0.15) is 0 Å². The second-order valence-electron chi connectivity index (χ2n) is 9.44. The molecule has 4 aromatic heterocycles. The van der Waals surface area contributed by atoms with Gasteiger partial charge in [0.1, 0.15) is 16.7 Å². The number of benzene rings is 5. The highest BCUT2D eigenvalue weighted by molar-refractivity contribution is 6.32. The summed E-state index contributed by atoms with van der Waals surface area (Å²) in [5, 5.41) is 5.81. The van der Waals surface area contributed by atoms with Gasteiger partial charge in [-0.05, 0) is 53.6 Å². The largest absolute Gasteiger partial charge is 0.456 e. The van der Waals surface area contributed by atoms with Crippen molar-refractivity contribution in [2.24, 2.45) is 0 Å². The third-order valence-electron chi connectivity index (χ3n) is 7.49. The van der Waals surface area contributed by atoms with E-state index >= 15 is 0 Å². The summed E-state index contributed by atoms with van der Waals surface area (Å²) in [4.78, 5) is 10.2. The van der Waals surface area contributed by atoms with Crippen molar-refractivity contribution in [1.29, 1.82) is 0 Å². The van der Waals surface area contributed by atoms with Crippen molar-refractivity contribution in [3.8, 4) is 11.1 Å². The van der Waals surface area contributed by atoms with Gasteiger partial charge < -0.3 is 4.42 Å². The molecule has 0 unspecified atom stereocenters. The molecule has 0 radical (unpaired) electrons. The quantitative estimate of drug-likeness (QED) is 0.248. The van der Waals surface area contributed by atoms with Crippen LogP contribution in [0.4, 0.5) is 0 Å². The molecule has 9 aromatic rings. The van der Waals surface area contributed by atoms with Gasteiger partial charge in [0.15, 0.2) is 5.65 Å². The Bertz CT molecular complexity index is 2310. The van der Waals surface area contributed by atoms with Gasteiger partial charge in [-0.2, -0.15) is 0 Å². The fourth-order valence-electron chi connectivity index (χ4n) is 5.98. The van der Waals surface area contributed by atoms with Gasteiger partial charge in [-0.3, -0.25) is 4.40 Å². The lowest BCUT2D eigenvalue weighted by atomic mass is 9.99. The molecule has 5 aromatic carbocycles. The Morgan fingerprint density at radius 3 is 2.19 bits per heavy atom. The molecular formula is C32H17N3O. The number of hydrogen-bond acceptors (Lipinski definition) is 3. The number of fused-ring (bicyclic) bond motifs is 11. The molecule has 0 aliphatic heterocycles. The van der Waals surface area contributed by atoms with Crippen LogP contribution in [0, 0.1) is 0 Å². The second-order valence-corrected chi connectivity index (χ2v) is 9.44. The molecule has 4 heteroatoms. The third kappa shape index (κ3) is 2.19. The monoisotopic (exact) mass is 459 g/mol. The van der Waals surface area contributed by atoms with E-state index in [9.17, 15) is 0 Å². The average molecular weight is 460 g/mol. The molecule has 36 heavy (non-hydrogen) atoms. The molecule has 4 nitrogen and oxygen atoms in total. The minimum Gasteiger partial charge on any atom is -0.456 e. The van der Waals surface area contributed by atoms with Gasteiger partial charge >= 0.3 is 0 Å². The van der Waals surface area contributed by atoms with Gasteiger partial charge in [0.25, 0.3) is 0 Å². The van der Waals surface area contributed by atoms with Crippen molar-refractivity contribution in [2.75, 3.05) is 0 Å². The Hall–Kier alpha value is -4.96. The van der Waals surface area contributed by atoms with E-state index in [4.69, 9.17) is 14.4 Å². The summed E-state index contributed by atoms with van der Waals surface area (Å²) >= 11 is 0. The maximum Gasteiger partial charge on any atom is 0.165 e. The standard InChI is InChI=1S/C32H17N3O/c1-2-8-18(9-3-1)19-16-21-28-25(14-15-27-29(28)20-10-4-7-13-26(20)36-27)35-31(21)22(17-19)30-32(35)34-24-12-6-5-11-23(24)33-30/h1-17H. The fraction of sp³-hybridized carbons (Fsp3) is 0. The van der Waals surface area contributed by atoms with Crippen molar-refractivity contribution in [3.05, 3.63) is 103 Å². The lowest BCUT2D eigenvalue weighted by molar-refractivity contribution is 0.669. The van der Waals surface area contributed by atoms with Crippen LogP contribution in [0.2, 0.25) is 0 Å². The Morgan fingerprint density at radius 1 is 0.556 bits per heavy atom. The van der Waals surface area contributed by atoms with E-state index in [1.165, 1.54) is 21.9 Å². The molecule has 9 rings (SSSR count). The highest BCUT2D eigenvalue weighted by Crippen LogP contribution is 2.45. The Labute approximate surface area is 204 Å². The Balaban J connectivity index is 1.60. The fourth-order valence-corrected chi connectivity index (χ4v) is 5.98. The molecule has 0 amide bonds. The Morgan fingerprint density at radius 2 is 1.31 bits per heavy atom. The van der Waals surface area contributed by atoms with Gasteiger partial charge in [-0.15, -0.1) is 0 Å².